The Morgan fingerprint density at radius 3 is 2.52 bits per heavy atom. The molecular weight excluding hydrogens is 297 g/mol. The van der Waals surface area contributed by atoms with Gasteiger partial charge in [-0.15, -0.1) is 0 Å². The van der Waals surface area contributed by atoms with Crippen LogP contribution in [0.4, 0.5) is 10.1 Å². The number of anilines is 1. The predicted molar refractivity (Wildman–Crippen MR) is 87.5 cm³/mol. The lowest BCUT2D eigenvalue weighted by atomic mass is 10.1. The molecule has 0 aliphatic rings. The first-order chi connectivity index (χ1) is 11.1. The minimum absolute atomic E-state index is 0.121. The van der Waals surface area contributed by atoms with Crippen molar-refractivity contribution in [3.05, 3.63) is 53.8 Å². The number of hydrogen-bond donors (Lipinski definition) is 1. The zero-order valence-corrected chi connectivity index (χ0v) is 13.3. The fourth-order valence-corrected chi connectivity index (χ4v) is 2.16. The van der Waals surface area contributed by atoms with E-state index >= 15 is 0 Å². The second-order valence-corrected chi connectivity index (χ2v) is 4.97. The maximum Gasteiger partial charge on any atom is 0.224 e. The summed E-state index contributed by atoms with van der Waals surface area (Å²) in [6, 6.07) is 11.3. The second-order valence-electron chi connectivity index (χ2n) is 4.97. The van der Waals surface area contributed by atoms with Crippen LogP contribution in [-0.4, -0.2) is 19.6 Å². The third kappa shape index (κ3) is 4.98. The first kappa shape index (κ1) is 16.8. The number of amides is 1. The van der Waals surface area contributed by atoms with Crippen molar-refractivity contribution >= 4 is 11.6 Å². The van der Waals surface area contributed by atoms with Gasteiger partial charge in [0.15, 0.2) is 11.5 Å². The van der Waals surface area contributed by atoms with Crippen molar-refractivity contribution < 1.29 is 18.7 Å². The van der Waals surface area contributed by atoms with Crippen molar-refractivity contribution in [2.45, 2.75) is 19.8 Å². The molecule has 2 aromatic carbocycles. The van der Waals surface area contributed by atoms with Crippen LogP contribution in [0, 0.1) is 5.82 Å². The molecule has 5 heteroatoms. The maximum atomic E-state index is 12.8. The molecule has 0 aliphatic heterocycles. The van der Waals surface area contributed by atoms with Crippen molar-refractivity contribution in [1.82, 2.24) is 0 Å². The van der Waals surface area contributed by atoms with Crippen molar-refractivity contribution in [3.63, 3.8) is 0 Å². The number of ether oxygens (including phenoxy) is 2. The Morgan fingerprint density at radius 1 is 1.13 bits per heavy atom. The van der Waals surface area contributed by atoms with Gasteiger partial charge in [-0.05, 0) is 55.3 Å². The number of carbonyl (C=O) groups is 1. The van der Waals surface area contributed by atoms with Gasteiger partial charge >= 0.3 is 0 Å². The Kier molecular flexibility index (Phi) is 5.97. The molecule has 23 heavy (non-hydrogen) atoms. The molecule has 0 aromatic heterocycles. The Balaban J connectivity index is 1.92. The average Bonchev–Trinajstić information content (AvgIpc) is 2.56. The van der Waals surface area contributed by atoms with Crippen LogP contribution in [-0.2, 0) is 11.2 Å². The van der Waals surface area contributed by atoms with Gasteiger partial charge in [-0.2, -0.15) is 0 Å². The van der Waals surface area contributed by atoms with E-state index in [1.807, 2.05) is 25.1 Å². The molecule has 0 aliphatic carbocycles. The number of aryl methyl sites for hydroxylation is 1. The summed E-state index contributed by atoms with van der Waals surface area (Å²) in [5.74, 6) is 0.895. The Hall–Kier alpha value is -2.56. The average molecular weight is 317 g/mol. The van der Waals surface area contributed by atoms with E-state index in [4.69, 9.17) is 9.47 Å². The molecule has 0 atom stereocenters. The van der Waals surface area contributed by atoms with E-state index in [0.29, 0.717) is 36.6 Å². The quantitative estimate of drug-likeness (QED) is 0.845. The van der Waals surface area contributed by atoms with Gasteiger partial charge in [-0.25, -0.2) is 4.39 Å². The summed E-state index contributed by atoms with van der Waals surface area (Å²) in [7, 11) is 1.59. The van der Waals surface area contributed by atoms with E-state index in [2.05, 4.69) is 5.32 Å². The van der Waals surface area contributed by atoms with Gasteiger partial charge in [-0.1, -0.05) is 6.07 Å². The molecule has 1 amide bonds. The number of benzene rings is 2. The van der Waals surface area contributed by atoms with Crippen LogP contribution in [0.25, 0.3) is 0 Å². The van der Waals surface area contributed by atoms with Crippen LogP contribution in [0.1, 0.15) is 18.9 Å². The lowest BCUT2D eigenvalue weighted by Crippen LogP contribution is -2.12. The lowest BCUT2D eigenvalue weighted by molar-refractivity contribution is -0.116. The summed E-state index contributed by atoms with van der Waals surface area (Å²) in [5.41, 5.74) is 1.57. The van der Waals surface area contributed by atoms with Crippen LogP contribution < -0.4 is 14.8 Å². The minimum Gasteiger partial charge on any atom is -0.493 e. The minimum atomic E-state index is -0.329. The molecule has 0 heterocycles. The molecule has 0 fully saturated rings. The van der Waals surface area contributed by atoms with Gasteiger partial charge in [0, 0.05) is 12.1 Å². The maximum absolute atomic E-state index is 12.8. The fourth-order valence-electron chi connectivity index (χ4n) is 2.16. The summed E-state index contributed by atoms with van der Waals surface area (Å²) in [6.45, 7) is 2.48. The summed E-state index contributed by atoms with van der Waals surface area (Å²) < 4.78 is 23.6. The molecule has 0 saturated heterocycles. The number of carbonyl (C=O) groups excluding carboxylic acids is 1. The van der Waals surface area contributed by atoms with Crippen LogP contribution in [0.3, 0.4) is 0 Å². The van der Waals surface area contributed by atoms with E-state index in [1.165, 1.54) is 24.3 Å². The summed E-state index contributed by atoms with van der Waals surface area (Å²) >= 11 is 0. The number of rotatable bonds is 7. The normalized spacial score (nSPS) is 10.2. The smallest absolute Gasteiger partial charge is 0.224 e. The lowest BCUT2D eigenvalue weighted by Gasteiger charge is -2.11. The summed E-state index contributed by atoms with van der Waals surface area (Å²) in [5, 5.41) is 2.74. The molecule has 122 valence electrons. The van der Waals surface area contributed by atoms with Crippen LogP contribution in [0.5, 0.6) is 11.5 Å². The molecular formula is C18H20FNO3. The highest BCUT2D eigenvalue weighted by Crippen LogP contribution is 2.28. The van der Waals surface area contributed by atoms with E-state index in [0.717, 1.165) is 5.56 Å². The Labute approximate surface area is 135 Å². The van der Waals surface area contributed by atoms with Crippen LogP contribution in [0.2, 0.25) is 0 Å². The SMILES string of the molecule is CCOc1ccc(CCC(=O)Nc2ccc(F)cc2)cc1OC. The molecule has 0 spiro atoms. The van der Waals surface area contributed by atoms with Crippen molar-refractivity contribution in [2.75, 3.05) is 19.0 Å². The van der Waals surface area contributed by atoms with Gasteiger partial charge in [0.2, 0.25) is 5.91 Å². The van der Waals surface area contributed by atoms with E-state index in [9.17, 15) is 9.18 Å². The van der Waals surface area contributed by atoms with Gasteiger partial charge in [0.25, 0.3) is 0 Å². The summed E-state index contributed by atoms with van der Waals surface area (Å²) in [6.07, 6.45) is 0.907. The highest BCUT2D eigenvalue weighted by Gasteiger charge is 2.08. The molecule has 0 bridgehead atoms. The monoisotopic (exact) mass is 317 g/mol. The molecule has 4 nitrogen and oxygen atoms in total. The highest BCUT2D eigenvalue weighted by molar-refractivity contribution is 5.90. The zero-order chi connectivity index (χ0) is 16.7. The topological polar surface area (TPSA) is 47.6 Å². The standard InChI is InChI=1S/C18H20FNO3/c1-3-23-16-10-4-13(12-17(16)22-2)5-11-18(21)20-15-8-6-14(19)7-9-15/h4,6-10,12H,3,5,11H2,1-2H3,(H,20,21). The van der Waals surface area contributed by atoms with E-state index in [-0.39, 0.29) is 11.7 Å². The third-order valence-corrected chi connectivity index (χ3v) is 3.30. The third-order valence-electron chi connectivity index (χ3n) is 3.30. The number of halogens is 1. The van der Waals surface area contributed by atoms with Crippen molar-refractivity contribution in [2.24, 2.45) is 0 Å². The summed E-state index contributed by atoms with van der Waals surface area (Å²) in [4.78, 5) is 11.9. The molecule has 2 rings (SSSR count). The first-order valence-corrected chi connectivity index (χ1v) is 7.47. The molecule has 0 unspecified atom stereocenters. The first-order valence-electron chi connectivity index (χ1n) is 7.47. The molecule has 0 radical (unpaired) electrons. The predicted octanol–water partition coefficient (Wildman–Crippen LogP) is 3.80. The van der Waals surface area contributed by atoms with Gasteiger partial charge < -0.3 is 14.8 Å². The fraction of sp³-hybridized carbons (Fsp3) is 0.278. The van der Waals surface area contributed by atoms with Gasteiger partial charge in [0.1, 0.15) is 5.82 Å². The number of methoxy groups -OCH3 is 1. The second kappa shape index (κ2) is 8.17. The van der Waals surface area contributed by atoms with Crippen molar-refractivity contribution in [1.29, 1.82) is 0 Å². The highest BCUT2D eigenvalue weighted by atomic mass is 19.1. The number of nitrogens with one attached hydrogen (secondary N) is 1. The van der Waals surface area contributed by atoms with Gasteiger partial charge in [0.05, 0.1) is 13.7 Å². The molecule has 2 aromatic rings. The zero-order valence-electron chi connectivity index (χ0n) is 13.3. The Bertz CT molecular complexity index is 656. The number of hydrogen-bond acceptors (Lipinski definition) is 3. The van der Waals surface area contributed by atoms with E-state index < -0.39 is 0 Å². The molecule has 0 saturated carbocycles. The van der Waals surface area contributed by atoms with E-state index in [1.54, 1.807) is 7.11 Å². The van der Waals surface area contributed by atoms with Crippen LogP contribution >= 0.6 is 0 Å². The largest absolute Gasteiger partial charge is 0.493 e. The van der Waals surface area contributed by atoms with Gasteiger partial charge in [-0.3, -0.25) is 4.79 Å². The van der Waals surface area contributed by atoms with Crippen LogP contribution in [0.15, 0.2) is 42.5 Å². The Morgan fingerprint density at radius 2 is 1.87 bits per heavy atom. The molecule has 1 N–H and O–H groups in total. The van der Waals surface area contributed by atoms with Crippen molar-refractivity contribution in [3.8, 4) is 11.5 Å².